The van der Waals surface area contributed by atoms with Gasteiger partial charge in [-0.2, -0.15) is 0 Å². The summed E-state index contributed by atoms with van der Waals surface area (Å²) in [6.07, 6.45) is 1.57. The van der Waals surface area contributed by atoms with Crippen LogP contribution in [0.1, 0.15) is 33.6 Å². The van der Waals surface area contributed by atoms with E-state index in [1.165, 1.54) is 0 Å². The van der Waals surface area contributed by atoms with Crippen molar-refractivity contribution in [1.29, 1.82) is 0 Å². The number of nitrogens with zero attached hydrogens (tertiary/aromatic N) is 2. The summed E-state index contributed by atoms with van der Waals surface area (Å²) in [7, 11) is 3.58. The summed E-state index contributed by atoms with van der Waals surface area (Å²) in [6, 6.07) is 0. The van der Waals surface area contributed by atoms with Crippen LogP contribution >= 0.6 is 0 Å². The lowest BCUT2D eigenvalue weighted by Gasteiger charge is -2.39. The first kappa shape index (κ1) is 15.4. The number of carbonyl (C=O) groups is 1. The summed E-state index contributed by atoms with van der Waals surface area (Å²) >= 11 is 0. The van der Waals surface area contributed by atoms with Crippen LogP contribution in [0, 0.1) is 0 Å². The Bertz CT molecular complexity index is 212. The molecule has 4 heteroatoms. The van der Waals surface area contributed by atoms with Crippen molar-refractivity contribution < 1.29 is 4.79 Å². The van der Waals surface area contributed by atoms with E-state index in [9.17, 15) is 4.79 Å². The van der Waals surface area contributed by atoms with Crippen molar-refractivity contribution in [3.05, 3.63) is 0 Å². The molecule has 96 valence electrons. The van der Waals surface area contributed by atoms with Gasteiger partial charge in [-0.3, -0.25) is 9.69 Å². The Morgan fingerprint density at radius 3 is 2.19 bits per heavy atom. The second-order valence-corrected chi connectivity index (χ2v) is 4.67. The van der Waals surface area contributed by atoms with Gasteiger partial charge in [-0.1, -0.05) is 13.8 Å². The fourth-order valence-corrected chi connectivity index (χ4v) is 1.76. The number of rotatable bonds is 7. The number of carbonyl (C=O) groups excluding carboxylic acids is 1. The van der Waals surface area contributed by atoms with E-state index in [0.29, 0.717) is 13.0 Å². The molecule has 0 aliphatic rings. The smallest absolute Gasteiger partial charge is 0.223 e. The van der Waals surface area contributed by atoms with Gasteiger partial charge in [0.25, 0.3) is 0 Å². The highest BCUT2D eigenvalue weighted by atomic mass is 16.2. The van der Waals surface area contributed by atoms with Crippen molar-refractivity contribution in [3.63, 3.8) is 0 Å². The first-order valence-electron chi connectivity index (χ1n) is 6.06. The summed E-state index contributed by atoms with van der Waals surface area (Å²) in [5, 5.41) is 0. The monoisotopic (exact) mass is 229 g/mol. The van der Waals surface area contributed by atoms with E-state index >= 15 is 0 Å². The van der Waals surface area contributed by atoms with E-state index in [1.807, 2.05) is 0 Å². The van der Waals surface area contributed by atoms with Crippen LogP contribution in [0.15, 0.2) is 0 Å². The van der Waals surface area contributed by atoms with Gasteiger partial charge in [0.2, 0.25) is 5.91 Å². The molecule has 0 radical (unpaired) electrons. The topological polar surface area (TPSA) is 49.6 Å². The zero-order valence-corrected chi connectivity index (χ0v) is 11.4. The highest BCUT2D eigenvalue weighted by Crippen LogP contribution is 2.18. The van der Waals surface area contributed by atoms with Gasteiger partial charge in [0.05, 0.1) is 0 Å². The molecule has 0 saturated heterocycles. The first-order chi connectivity index (χ1) is 7.41. The van der Waals surface area contributed by atoms with Crippen LogP contribution in [0.25, 0.3) is 0 Å². The van der Waals surface area contributed by atoms with Crippen molar-refractivity contribution in [1.82, 2.24) is 9.80 Å². The van der Waals surface area contributed by atoms with E-state index < -0.39 is 0 Å². The van der Waals surface area contributed by atoms with Crippen molar-refractivity contribution >= 4 is 5.91 Å². The summed E-state index contributed by atoms with van der Waals surface area (Å²) in [5.41, 5.74) is 5.84. The van der Waals surface area contributed by atoms with Crippen LogP contribution in [0.2, 0.25) is 0 Å². The molecule has 0 aliphatic heterocycles. The molecule has 0 bridgehead atoms. The highest BCUT2D eigenvalue weighted by molar-refractivity contribution is 5.75. The maximum absolute atomic E-state index is 11.5. The maximum atomic E-state index is 11.5. The molecule has 0 aliphatic carbocycles. The highest BCUT2D eigenvalue weighted by Gasteiger charge is 2.27. The van der Waals surface area contributed by atoms with Gasteiger partial charge in [-0.05, 0) is 19.9 Å². The molecule has 0 aromatic carbocycles. The van der Waals surface area contributed by atoms with Crippen molar-refractivity contribution in [3.8, 4) is 0 Å². The SMILES string of the molecule is CCN(CCC(=O)N(C)C)C(C)(CC)CN. The summed E-state index contributed by atoms with van der Waals surface area (Å²) in [5.74, 6) is 0.175. The molecule has 0 fully saturated rings. The van der Waals surface area contributed by atoms with Gasteiger partial charge in [-0.25, -0.2) is 0 Å². The molecule has 2 N–H and O–H groups in total. The zero-order valence-electron chi connectivity index (χ0n) is 11.4. The molecule has 1 unspecified atom stereocenters. The third-order valence-corrected chi connectivity index (χ3v) is 3.44. The Morgan fingerprint density at radius 1 is 1.31 bits per heavy atom. The van der Waals surface area contributed by atoms with E-state index in [2.05, 4.69) is 25.7 Å². The maximum Gasteiger partial charge on any atom is 0.223 e. The van der Waals surface area contributed by atoms with Gasteiger partial charge >= 0.3 is 0 Å². The van der Waals surface area contributed by atoms with Crippen LogP contribution in [-0.2, 0) is 4.79 Å². The Balaban J connectivity index is 4.35. The molecule has 0 saturated carbocycles. The summed E-state index contributed by atoms with van der Waals surface area (Å²) < 4.78 is 0. The van der Waals surface area contributed by atoms with E-state index in [-0.39, 0.29) is 11.4 Å². The normalized spacial score (nSPS) is 14.9. The third kappa shape index (κ3) is 4.10. The minimum absolute atomic E-state index is 0.0152. The molecule has 0 aromatic heterocycles. The summed E-state index contributed by atoms with van der Waals surface area (Å²) in [6.45, 7) is 8.77. The molecule has 0 heterocycles. The quantitative estimate of drug-likeness (QED) is 0.706. The summed E-state index contributed by atoms with van der Waals surface area (Å²) in [4.78, 5) is 15.5. The molecule has 4 nitrogen and oxygen atoms in total. The molecule has 0 spiro atoms. The van der Waals surface area contributed by atoms with E-state index in [0.717, 1.165) is 19.5 Å². The predicted octanol–water partition coefficient (Wildman–Crippen LogP) is 0.914. The second kappa shape index (κ2) is 6.86. The number of likely N-dealkylation sites (N-methyl/N-ethyl adjacent to an activating group) is 1. The minimum atomic E-state index is 0.0152. The van der Waals surface area contributed by atoms with Crippen LogP contribution in [-0.4, -0.2) is 55.0 Å². The average Bonchev–Trinajstić information content (AvgIpc) is 2.28. The van der Waals surface area contributed by atoms with Gasteiger partial charge in [0, 0.05) is 39.1 Å². The van der Waals surface area contributed by atoms with Crippen LogP contribution in [0.3, 0.4) is 0 Å². The lowest BCUT2D eigenvalue weighted by atomic mass is 9.96. The minimum Gasteiger partial charge on any atom is -0.349 e. The van der Waals surface area contributed by atoms with E-state index in [1.54, 1.807) is 19.0 Å². The fourth-order valence-electron chi connectivity index (χ4n) is 1.76. The Labute approximate surface area is 99.8 Å². The number of hydrogen-bond donors (Lipinski definition) is 1. The standard InChI is InChI=1S/C12H27N3O/c1-6-12(3,10-13)15(7-2)9-8-11(16)14(4)5/h6-10,13H2,1-5H3. The number of hydrogen-bond acceptors (Lipinski definition) is 3. The molecule has 0 rings (SSSR count). The van der Waals surface area contributed by atoms with Gasteiger partial charge in [0.15, 0.2) is 0 Å². The molecule has 16 heavy (non-hydrogen) atoms. The van der Waals surface area contributed by atoms with Crippen molar-refractivity contribution in [2.24, 2.45) is 5.73 Å². The van der Waals surface area contributed by atoms with Gasteiger partial charge in [-0.15, -0.1) is 0 Å². The molecule has 0 aromatic rings. The fraction of sp³-hybridized carbons (Fsp3) is 0.917. The average molecular weight is 229 g/mol. The van der Waals surface area contributed by atoms with E-state index in [4.69, 9.17) is 5.73 Å². The van der Waals surface area contributed by atoms with Crippen LogP contribution in [0.5, 0.6) is 0 Å². The largest absolute Gasteiger partial charge is 0.349 e. The number of amides is 1. The Kier molecular flexibility index (Phi) is 6.60. The first-order valence-corrected chi connectivity index (χ1v) is 6.06. The molecule has 1 atom stereocenters. The molecular formula is C12H27N3O. The third-order valence-electron chi connectivity index (χ3n) is 3.44. The predicted molar refractivity (Wildman–Crippen MR) is 68.3 cm³/mol. The second-order valence-electron chi connectivity index (χ2n) is 4.67. The Morgan fingerprint density at radius 2 is 1.88 bits per heavy atom. The van der Waals surface area contributed by atoms with Crippen molar-refractivity contribution in [2.75, 3.05) is 33.7 Å². The van der Waals surface area contributed by atoms with Crippen LogP contribution < -0.4 is 5.73 Å². The van der Waals surface area contributed by atoms with Gasteiger partial charge in [0.1, 0.15) is 0 Å². The molecule has 1 amide bonds. The van der Waals surface area contributed by atoms with Gasteiger partial charge < -0.3 is 10.6 Å². The van der Waals surface area contributed by atoms with Crippen molar-refractivity contribution in [2.45, 2.75) is 39.2 Å². The lowest BCUT2D eigenvalue weighted by molar-refractivity contribution is -0.129. The van der Waals surface area contributed by atoms with Crippen LogP contribution in [0.4, 0.5) is 0 Å². The lowest BCUT2D eigenvalue weighted by Crippen LogP contribution is -2.52. The zero-order chi connectivity index (χ0) is 12.8. The number of nitrogens with two attached hydrogens (primary N) is 1. The Hall–Kier alpha value is -0.610. The molecular weight excluding hydrogens is 202 g/mol.